The summed E-state index contributed by atoms with van der Waals surface area (Å²) in [6.45, 7) is 0.207. The number of amides is 1. The molecule has 0 radical (unpaired) electrons. The summed E-state index contributed by atoms with van der Waals surface area (Å²) < 4.78 is 9.94. The molecule has 3 rings (SSSR count). The van der Waals surface area contributed by atoms with E-state index in [0.717, 1.165) is 5.39 Å². The van der Waals surface area contributed by atoms with Gasteiger partial charge in [-0.15, -0.1) is 0 Å². The Morgan fingerprint density at radius 2 is 2.04 bits per heavy atom. The molecule has 0 fully saturated rings. The number of carbonyl (C=O) groups excluding carboxylic acids is 2. The van der Waals surface area contributed by atoms with Gasteiger partial charge < -0.3 is 14.5 Å². The maximum Gasteiger partial charge on any atom is 0.307 e. The maximum atomic E-state index is 12.5. The van der Waals surface area contributed by atoms with Crippen LogP contribution < -0.4 is 5.32 Å². The number of hydrogen-bond donors (Lipinski definition) is 1. The minimum Gasteiger partial charge on any atom is -0.469 e. The van der Waals surface area contributed by atoms with Crippen molar-refractivity contribution in [2.24, 2.45) is 0 Å². The second-order valence-corrected chi connectivity index (χ2v) is 5.13. The molecule has 0 atom stereocenters. The lowest BCUT2D eigenvalue weighted by Crippen LogP contribution is -2.26. The van der Waals surface area contributed by atoms with Gasteiger partial charge >= 0.3 is 5.97 Å². The zero-order valence-electron chi connectivity index (χ0n) is 13.1. The first-order chi connectivity index (χ1) is 11.7. The molecule has 1 aromatic carbocycles. The molecular formula is C18H16N2O4. The number of pyridine rings is 1. The predicted octanol–water partition coefficient (Wildman–Crippen LogP) is 2.79. The highest BCUT2D eigenvalue weighted by Crippen LogP contribution is 2.25. The highest BCUT2D eigenvalue weighted by atomic mass is 16.5. The summed E-state index contributed by atoms with van der Waals surface area (Å²) in [5, 5.41) is 3.47. The number of methoxy groups -OCH3 is 1. The number of para-hydroxylation sites is 1. The van der Waals surface area contributed by atoms with Crippen molar-refractivity contribution in [1.82, 2.24) is 10.3 Å². The highest BCUT2D eigenvalue weighted by molar-refractivity contribution is 6.07. The van der Waals surface area contributed by atoms with Gasteiger partial charge in [0.05, 0.1) is 30.9 Å². The van der Waals surface area contributed by atoms with Gasteiger partial charge in [-0.25, -0.2) is 4.98 Å². The van der Waals surface area contributed by atoms with Gasteiger partial charge in [-0.2, -0.15) is 0 Å². The Hall–Kier alpha value is -3.15. The first-order valence-corrected chi connectivity index (χ1v) is 7.47. The van der Waals surface area contributed by atoms with Crippen molar-refractivity contribution < 1.29 is 18.7 Å². The molecule has 1 amide bonds. The smallest absolute Gasteiger partial charge is 0.307 e. The molecule has 0 unspecified atom stereocenters. The van der Waals surface area contributed by atoms with E-state index in [4.69, 9.17) is 4.42 Å². The first-order valence-electron chi connectivity index (χ1n) is 7.47. The minimum atomic E-state index is -0.369. The lowest BCUT2D eigenvalue weighted by molar-refractivity contribution is -0.140. The number of hydrogen-bond acceptors (Lipinski definition) is 5. The predicted molar refractivity (Wildman–Crippen MR) is 88.4 cm³/mol. The Morgan fingerprint density at radius 1 is 1.21 bits per heavy atom. The third kappa shape index (κ3) is 3.27. The molecule has 2 aromatic heterocycles. The number of fused-ring (bicyclic) bond motifs is 1. The van der Waals surface area contributed by atoms with Crippen LogP contribution in [0.15, 0.2) is 53.1 Å². The SMILES string of the molecule is COC(=O)CCNC(=O)c1cc(-c2ccco2)nc2ccccc12. The van der Waals surface area contributed by atoms with E-state index >= 15 is 0 Å². The molecule has 122 valence electrons. The van der Waals surface area contributed by atoms with Gasteiger partial charge in [0.1, 0.15) is 5.69 Å². The molecule has 0 saturated carbocycles. The number of esters is 1. The van der Waals surface area contributed by atoms with Crippen molar-refractivity contribution in [3.63, 3.8) is 0 Å². The normalized spacial score (nSPS) is 10.5. The zero-order valence-corrected chi connectivity index (χ0v) is 13.1. The Morgan fingerprint density at radius 3 is 2.79 bits per heavy atom. The third-order valence-corrected chi connectivity index (χ3v) is 3.58. The summed E-state index contributed by atoms with van der Waals surface area (Å²) in [6.07, 6.45) is 1.68. The number of nitrogens with zero attached hydrogens (tertiary/aromatic N) is 1. The quantitative estimate of drug-likeness (QED) is 0.730. The molecule has 0 bridgehead atoms. The van der Waals surface area contributed by atoms with E-state index in [2.05, 4.69) is 15.0 Å². The molecule has 6 heteroatoms. The van der Waals surface area contributed by atoms with Gasteiger partial charge in [0.25, 0.3) is 5.91 Å². The lowest BCUT2D eigenvalue weighted by atomic mass is 10.1. The monoisotopic (exact) mass is 324 g/mol. The van der Waals surface area contributed by atoms with Gasteiger partial charge in [0, 0.05) is 11.9 Å². The van der Waals surface area contributed by atoms with Gasteiger partial charge in [0.15, 0.2) is 5.76 Å². The molecule has 3 aromatic rings. The molecule has 0 saturated heterocycles. The number of rotatable bonds is 5. The molecule has 1 N–H and O–H groups in total. The molecule has 0 aliphatic heterocycles. The van der Waals surface area contributed by atoms with Crippen LogP contribution in [0, 0.1) is 0 Å². The number of carbonyl (C=O) groups is 2. The van der Waals surface area contributed by atoms with Crippen LogP contribution in [-0.4, -0.2) is 30.5 Å². The fourth-order valence-electron chi connectivity index (χ4n) is 2.39. The largest absolute Gasteiger partial charge is 0.469 e. The topological polar surface area (TPSA) is 81.4 Å². The van der Waals surface area contributed by atoms with Crippen molar-refractivity contribution in [2.75, 3.05) is 13.7 Å². The maximum absolute atomic E-state index is 12.5. The number of ether oxygens (including phenoxy) is 1. The van der Waals surface area contributed by atoms with Crippen LogP contribution in [0.1, 0.15) is 16.8 Å². The van der Waals surface area contributed by atoms with Crippen molar-refractivity contribution in [1.29, 1.82) is 0 Å². The number of aromatic nitrogens is 1. The molecule has 0 spiro atoms. The van der Waals surface area contributed by atoms with Gasteiger partial charge in [-0.3, -0.25) is 9.59 Å². The second kappa shape index (κ2) is 6.95. The van der Waals surface area contributed by atoms with Crippen molar-refractivity contribution >= 4 is 22.8 Å². The van der Waals surface area contributed by atoms with Crippen LogP contribution in [0.2, 0.25) is 0 Å². The van der Waals surface area contributed by atoms with Crippen LogP contribution >= 0.6 is 0 Å². The number of furan rings is 1. The van der Waals surface area contributed by atoms with E-state index < -0.39 is 0 Å². The Bertz CT molecular complexity index is 872. The van der Waals surface area contributed by atoms with Crippen LogP contribution in [0.5, 0.6) is 0 Å². The standard InChI is InChI=1S/C18H16N2O4/c1-23-17(21)8-9-19-18(22)13-11-15(16-7-4-10-24-16)20-14-6-3-2-5-12(13)14/h2-7,10-11H,8-9H2,1H3,(H,19,22). The Labute approximate surface area is 138 Å². The Balaban J connectivity index is 1.93. The minimum absolute atomic E-state index is 0.121. The average molecular weight is 324 g/mol. The molecule has 6 nitrogen and oxygen atoms in total. The molecular weight excluding hydrogens is 308 g/mol. The van der Waals surface area contributed by atoms with E-state index in [-0.39, 0.29) is 24.8 Å². The van der Waals surface area contributed by atoms with Crippen LogP contribution in [0.4, 0.5) is 0 Å². The number of nitrogens with one attached hydrogen (secondary N) is 1. The van der Waals surface area contributed by atoms with Crippen molar-refractivity contribution in [3.05, 3.63) is 54.3 Å². The van der Waals surface area contributed by atoms with E-state index in [1.807, 2.05) is 24.3 Å². The van der Waals surface area contributed by atoms with Gasteiger partial charge in [-0.05, 0) is 24.3 Å². The average Bonchev–Trinajstić information content (AvgIpc) is 3.15. The van der Waals surface area contributed by atoms with Crippen LogP contribution in [0.25, 0.3) is 22.4 Å². The summed E-state index contributed by atoms with van der Waals surface area (Å²) in [5.74, 6) is -0.0548. The zero-order chi connectivity index (χ0) is 16.9. The summed E-state index contributed by atoms with van der Waals surface area (Å²) >= 11 is 0. The fourth-order valence-corrected chi connectivity index (χ4v) is 2.39. The molecule has 24 heavy (non-hydrogen) atoms. The van der Waals surface area contributed by atoms with E-state index in [0.29, 0.717) is 22.5 Å². The summed E-state index contributed by atoms with van der Waals surface area (Å²) in [4.78, 5) is 28.2. The Kier molecular flexibility index (Phi) is 4.56. The van der Waals surface area contributed by atoms with Gasteiger partial charge in [0.2, 0.25) is 0 Å². The van der Waals surface area contributed by atoms with Gasteiger partial charge in [-0.1, -0.05) is 18.2 Å². The van der Waals surface area contributed by atoms with E-state index in [1.54, 1.807) is 24.5 Å². The van der Waals surface area contributed by atoms with Crippen LogP contribution in [0.3, 0.4) is 0 Å². The lowest BCUT2D eigenvalue weighted by Gasteiger charge is -2.09. The molecule has 0 aliphatic rings. The summed E-state index contributed by atoms with van der Waals surface area (Å²) in [7, 11) is 1.32. The van der Waals surface area contributed by atoms with Crippen molar-refractivity contribution in [3.8, 4) is 11.5 Å². The summed E-state index contributed by atoms with van der Waals surface area (Å²) in [5.41, 5.74) is 1.76. The second-order valence-electron chi connectivity index (χ2n) is 5.13. The third-order valence-electron chi connectivity index (χ3n) is 3.58. The molecule has 2 heterocycles. The first kappa shape index (κ1) is 15.7. The number of benzene rings is 1. The van der Waals surface area contributed by atoms with Crippen molar-refractivity contribution in [2.45, 2.75) is 6.42 Å². The highest BCUT2D eigenvalue weighted by Gasteiger charge is 2.15. The molecule has 0 aliphatic carbocycles. The van der Waals surface area contributed by atoms with E-state index in [9.17, 15) is 9.59 Å². The van der Waals surface area contributed by atoms with Crippen LogP contribution in [-0.2, 0) is 9.53 Å². The van der Waals surface area contributed by atoms with E-state index in [1.165, 1.54) is 7.11 Å². The summed E-state index contributed by atoms with van der Waals surface area (Å²) in [6, 6.07) is 12.6. The fraction of sp³-hybridized carbons (Fsp3) is 0.167.